The fourth-order valence-electron chi connectivity index (χ4n) is 5.52. The summed E-state index contributed by atoms with van der Waals surface area (Å²) in [7, 11) is 0. The van der Waals surface area contributed by atoms with Crippen LogP contribution < -0.4 is 0 Å². The lowest BCUT2D eigenvalue weighted by Crippen LogP contribution is -2.30. The van der Waals surface area contributed by atoms with Crippen LogP contribution in [0.2, 0.25) is 0 Å². The van der Waals surface area contributed by atoms with E-state index >= 15 is 0 Å². The highest BCUT2D eigenvalue weighted by atomic mass is 16.6. The standard InChI is InChI=1S/C45H78O5/c1-4-7-10-13-16-19-21-22-23-24-26-27-29-32-35-38-44(46)49-42-43(41-48-40-37-34-31-18-15-12-9-6-3)50-45(47)39-36-33-30-28-25-20-17-14-11-8-5-2/h7,10,16,19,22-23,26-27,32,35,43H,4-6,8-9,11-15,17-18,20-21,24-25,28-31,33-34,36-42H2,1-3H3/b10-7-,19-16-,23-22-,27-26-,35-32-. The second-order valence-electron chi connectivity index (χ2n) is 13.5. The normalized spacial score (nSPS) is 12.8. The van der Waals surface area contributed by atoms with Crippen molar-refractivity contribution in [1.82, 2.24) is 0 Å². The number of hydrogen-bond donors (Lipinski definition) is 0. The predicted octanol–water partition coefficient (Wildman–Crippen LogP) is 13.4. The molecule has 288 valence electrons. The summed E-state index contributed by atoms with van der Waals surface area (Å²) in [5, 5.41) is 0. The molecule has 0 saturated heterocycles. The zero-order valence-electron chi connectivity index (χ0n) is 32.9. The molecule has 0 aliphatic heterocycles. The Morgan fingerprint density at radius 2 is 0.880 bits per heavy atom. The van der Waals surface area contributed by atoms with E-state index in [9.17, 15) is 9.59 Å². The minimum atomic E-state index is -0.568. The van der Waals surface area contributed by atoms with Crippen LogP contribution >= 0.6 is 0 Å². The van der Waals surface area contributed by atoms with Crippen molar-refractivity contribution in [3.05, 3.63) is 60.8 Å². The Bertz CT molecular complexity index is 884. The van der Waals surface area contributed by atoms with Crippen LogP contribution in [-0.4, -0.2) is 37.9 Å². The van der Waals surface area contributed by atoms with Crippen molar-refractivity contribution in [3.63, 3.8) is 0 Å². The highest BCUT2D eigenvalue weighted by Crippen LogP contribution is 2.13. The maximum Gasteiger partial charge on any atom is 0.309 e. The number of hydrogen-bond acceptors (Lipinski definition) is 5. The SMILES string of the molecule is CC/C=C\C/C=C\C/C=C\C/C=C\C/C=C\CC(=O)OCC(COCCCCCCCCCC)OC(=O)CCCCCCCCCCCCC. The lowest BCUT2D eigenvalue weighted by atomic mass is 10.1. The maximum absolute atomic E-state index is 12.6. The van der Waals surface area contributed by atoms with Gasteiger partial charge in [0.2, 0.25) is 0 Å². The molecule has 5 nitrogen and oxygen atoms in total. The molecule has 0 amide bonds. The molecule has 5 heteroatoms. The highest BCUT2D eigenvalue weighted by molar-refractivity contribution is 5.71. The van der Waals surface area contributed by atoms with Crippen molar-refractivity contribution in [2.75, 3.05) is 19.8 Å². The molecule has 0 rings (SSSR count). The lowest BCUT2D eigenvalue weighted by Gasteiger charge is -2.18. The fraction of sp³-hybridized carbons (Fsp3) is 0.733. The van der Waals surface area contributed by atoms with E-state index < -0.39 is 6.10 Å². The molecule has 0 bridgehead atoms. The van der Waals surface area contributed by atoms with Gasteiger partial charge in [-0.05, 0) is 44.9 Å². The highest BCUT2D eigenvalue weighted by Gasteiger charge is 2.17. The second kappa shape index (κ2) is 41.0. The van der Waals surface area contributed by atoms with E-state index in [4.69, 9.17) is 14.2 Å². The summed E-state index contributed by atoms with van der Waals surface area (Å²) < 4.78 is 17.1. The number of allylic oxidation sites excluding steroid dienone is 9. The molecule has 0 aromatic heterocycles. The van der Waals surface area contributed by atoms with E-state index in [-0.39, 0.29) is 31.6 Å². The van der Waals surface area contributed by atoms with Gasteiger partial charge in [0.05, 0.1) is 13.0 Å². The number of ether oxygens (including phenoxy) is 3. The molecule has 50 heavy (non-hydrogen) atoms. The molecule has 0 spiro atoms. The van der Waals surface area contributed by atoms with Crippen LogP contribution in [-0.2, 0) is 23.8 Å². The first-order valence-electron chi connectivity index (χ1n) is 20.8. The van der Waals surface area contributed by atoms with Gasteiger partial charge in [0.25, 0.3) is 0 Å². The Hall–Kier alpha value is -2.40. The molecule has 0 radical (unpaired) electrons. The van der Waals surface area contributed by atoms with E-state index in [0.29, 0.717) is 13.0 Å². The lowest BCUT2D eigenvalue weighted by molar-refractivity contribution is -0.162. The monoisotopic (exact) mass is 699 g/mol. The van der Waals surface area contributed by atoms with Gasteiger partial charge in [-0.3, -0.25) is 9.59 Å². The van der Waals surface area contributed by atoms with Crippen LogP contribution in [0.4, 0.5) is 0 Å². The summed E-state index contributed by atoms with van der Waals surface area (Å²) in [5.41, 5.74) is 0. The van der Waals surface area contributed by atoms with Crippen LogP contribution in [0.15, 0.2) is 60.8 Å². The van der Waals surface area contributed by atoms with Gasteiger partial charge >= 0.3 is 11.9 Å². The largest absolute Gasteiger partial charge is 0.461 e. The van der Waals surface area contributed by atoms with Crippen molar-refractivity contribution in [2.24, 2.45) is 0 Å². The summed E-state index contributed by atoms with van der Waals surface area (Å²) in [5.74, 6) is -0.545. The van der Waals surface area contributed by atoms with Crippen LogP contribution in [0.5, 0.6) is 0 Å². The summed E-state index contributed by atoms with van der Waals surface area (Å²) in [4.78, 5) is 25.0. The molecule has 0 fully saturated rings. The average Bonchev–Trinajstić information content (AvgIpc) is 3.11. The Labute approximate surface area is 309 Å². The van der Waals surface area contributed by atoms with Gasteiger partial charge in [-0.25, -0.2) is 0 Å². The van der Waals surface area contributed by atoms with Crippen molar-refractivity contribution < 1.29 is 23.8 Å². The van der Waals surface area contributed by atoms with Gasteiger partial charge in [-0.1, -0.05) is 191 Å². The third-order valence-electron chi connectivity index (χ3n) is 8.60. The molecule has 1 unspecified atom stereocenters. The minimum absolute atomic E-state index is 0.0327. The maximum atomic E-state index is 12.6. The summed E-state index contributed by atoms with van der Waals surface area (Å²) in [6.45, 7) is 7.57. The van der Waals surface area contributed by atoms with E-state index in [0.717, 1.165) is 57.8 Å². The van der Waals surface area contributed by atoms with Gasteiger partial charge in [-0.15, -0.1) is 0 Å². The fourth-order valence-corrected chi connectivity index (χ4v) is 5.52. The first-order chi connectivity index (χ1) is 24.6. The van der Waals surface area contributed by atoms with Gasteiger partial charge in [0.1, 0.15) is 6.61 Å². The number of unbranched alkanes of at least 4 members (excludes halogenated alkanes) is 17. The van der Waals surface area contributed by atoms with Gasteiger partial charge in [0, 0.05) is 13.0 Å². The zero-order chi connectivity index (χ0) is 36.4. The molecular formula is C45H78O5. The van der Waals surface area contributed by atoms with Gasteiger partial charge in [0.15, 0.2) is 6.10 Å². The number of esters is 2. The van der Waals surface area contributed by atoms with E-state index in [1.165, 1.54) is 96.3 Å². The van der Waals surface area contributed by atoms with Crippen LogP contribution in [0.3, 0.4) is 0 Å². The molecule has 0 aromatic carbocycles. The van der Waals surface area contributed by atoms with Crippen molar-refractivity contribution in [2.45, 2.75) is 194 Å². The minimum Gasteiger partial charge on any atom is -0.461 e. The van der Waals surface area contributed by atoms with Crippen LogP contribution in [0.25, 0.3) is 0 Å². The Morgan fingerprint density at radius 3 is 1.36 bits per heavy atom. The smallest absolute Gasteiger partial charge is 0.309 e. The Kier molecular flexibility index (Phi) is 39.1. The van der Waals surface area contributed by atoms with Gasteiger partial charge in [-0.2, -0.15) is 0 Å². The summed E-state index contributed by atoms with van der Waals surface area (Å²) >= 11 is 0. The Balaban J connectivity index is 4.35. The molecule has 0 aromatic rings. The summed E-state index contributed by atoms with van der Waals surface area (Å²) in [6.07, 6.45) is 49.5. The van der Waals surface area contributed by atoms with E-state index in [2.05, 4.69) is 69.4 Å². The molecule has 0 aliphatic rings. The van der Waals surface area contributed by atoms with Gasteiger partial charge < -0.3 is 14.2 Å². The summed E-state index contributed by atoms with van der Waals surface area (Å²) in [6, 6.07) is 0. The van der Waals surface area contributed by atoms with Crippen molar-refractivity contribution in [3.8, 4) is 0 Å². The topological polar surface area (TPSA) is 61.8 Å². The average molecular weight is 699 g/mol. The third-order valence-corrected chi connectivity index (χ3v) is 8.60. The molecule has 0 aliphatic carbocycles. The van der Waals surface area contributed by atoms with Crippen LogP contribution in [0, 0.1) is 0 Å². The molecular weight excluding hydrogens is 620 g/mol. The molecule has 0 N–H and O–H groups in total. The van der Waals surface area contributed by atoms with Crippen molar-refractivity contribution in [1.29, 1.82) is 0 Å². The van der Waals surface area contributed by atoms with Crippen molar-refractivity contribution >= 4 is 11.9 Å². The predicted molar refractivity (Wildman–Crippen MR) is 214 cm³/mol. The quantitative estimate of drug-likeness (QED) is 0.0367. The number of carbonyl (C=O) groups excluding carboxylic acids is 2. The number of carbonyl (C=O) groups is 2. The number of rotatable bonds is 37. The molecule has 1 atom stereocenters. The van der Waals surface area contributed by atoms with E-state index in [1.807, 2.05) is 12.2 Å². The first kappa shape index (κ1) is 47.6. The Morgan fingerprint density at radius 1 is 0.460 bits per heavy atom. The van der Waals surface area contributed by atoms with E-state index in [1.54, 1.807) is 0 Å². The molecule has 0 saturated carbocycles. The second-order valence-corrected chi connectivity index (χ2v) is 13.5. The zero-order valence-corrected chi connectivity index (χ0v) is 32.9. The van der Waals surface area contributed by atoms with Crippen LogP contribution in [0.1, 0.15) is 188 Å². The first-order valence-corrected chi connectivity index (χ1v) is 20.8. The molecule has 0 heterocycles. The third kappa shape index (κ3) is 38.4.